The van der Waals surface area contributed by atoms with Gasteiger partial charge in [-0.05, 0) is 6.92 Å². The van der Waals surface area contributed by atoms with Gasteiger partial charge in [-0.3, -0.25) is 9.78 Å². The molecule has 5 nitrogen and oxygen atoms in total. The quantitative estimate of drug-likeness (QED) is 0.743. The Hall–Kier alpha value is -2.04. The van der Waals surface area contributed by atoms with Gasteiger partial charge in [0.25, 0.3) is 0 Å². The van der Waals surface area contributed by atoms with Crippen LogP contribution in [0, 0.1) is 6.92 Å². The third-order valence-corrected chi connectivity index (χ3v) is 2.56. The second kappa shape index (κ2) is 4.86. The molecule has 0 amide bonds. The summed E-state index contributed by atoms with van der Waals surface area (Å²) in [6.45, 7) is 1.84. The normalized spacial score (nSPS) is 10.5. The predicted octanol–water partition coefficient (Wildman–Crippen LogP) is 1.33. The number of Topliss-reactive ketones (excluding diaryl/α,β-unsaturated/α-hetero) is 1. The zero-order chi connectivity index (χ0) is 12.3. The highest BCUT2D eigenvalue weighted by molar-refractivity contribution is 5.93. The van der Waals surface area contributed by atoms with Crippen molar-refractivity contribution >= 4 is 5.78 Å². The summed E-state index contributed by atoms with van der Waals surface area (Å²) in [4.78, 5) is 24.1. The fraction of sp³-hybridized carbons (Fsp3) is 0.333. The zero-order valence-corrected chi connectivity index (χ0v) is 9.92. The minimum absolute atomic E-state index is 0.000463. The molecule has 0 saturated heterocycles. The Kier molecular flexibility index (Phi) is 3.27. The molecule has 0 bridgehead atoms. The third kappa shape index (κ3) is 2.75. The summed E-state index contributed by atoms with van der Waals surface area (Å²) in [5.74, 6) is 0.902. The number of aromatic nitrogens is 4. The average Bonchev–Trinajstić information content (AvgIpc) is 2.73. The lowest BCUT2D eigenvalue weighted by Crippen LogP contribution is -2.07. The molecule has 0 aromatic carbocycles. The summed E-state index contributed by atoms with van der Waals surface area (Å²) in [6, 6.07) is 0. The van der Waals surface area contributed by atoms with Gasteiger partial charge in [-0.2, -0.15) is 0 Å². The van der Waals surface area contributed by atoms with Crippen molar-refractivity contribution in [3.63, 3.8) is 0 Å². The molecule has 0 spiro atoms. The van der Waals surface area contributed by atoms with Crippen molar-refractivity contribution in [2.75, 3.05) is 0 Å². The van der Waals surface area contributed by atoms with Crippen LogP contribution in [0.5, 0.6) is 0 Å². The van der Waals surface area contributed by atoms with Crippen LogP contribution in [0.15, 0.2) is 24.8 Å². The number of hydrogen-bond donors (Lipinski definition) is 0. The van der Waals surface area contributed by atoms with Gasteiger partial charge in [0.15, 0.2) is 5.78 Å². The highest BCUT2D eigenvalue weighted by atomic mass is 16.1. The Bertz CT molecular complexity index is 516. The van der Waals surface area contributed by atoms with E-state index < -0.39 is 0 Å². The van der Waals surface area contributed by atoms with E-state index in [-0.39, 0.29) is 5.78 Å². The van der Waals surface area contributed by atoms with Crippen molar-refractivity contribution in [3.8, 4) is 0 Å². The van der Waals surface area contributed by atoms with Gasteiger partial charge in [0.05, 0.1) is 11.9 Å². The van der Waals surface area contributed by atoms with Crippen LogP contribution in [0.4, 0.5) is 0 Å². The molecule has 2 aromatic heterocycles. The Morgan fingerprint density at radius 2 is 2.12 bits per heavy atom. The van der Waals surface area contributed by atoms with Crippen LogP contribution < -0.4 is 0 Å². The molecule has 88 valence electrons. The molecule has 2 aromatic rings. The lowest BCUT2D eigenvalue weighted by molar-refractivity contribution is 0.0976. The molecule has 0 saturated carbocycles. The Labute approximate surface area is 99.6 Å². The Morgan fingerprint density at radius 1 is 1.29 bits per heavy atom. The first-order valence-electron chi connectivity index (χ1n) is 5.45. The molecule has 0 unspecified atom stereocenters. The van der Waals surface area contributed by atoms with Crippen LogP contribution in [0.25, 0.3) is 0 Å². The van der Waals surface area contributed by atoms with Crippen molar-refractivity contribution in [1.82, 2.24) is 19.5 Å². The molecule has 0 aliphatic carbocycles. The van der Waals surface area contributed by atoms with Gasteiger partial charge in [-0.25, -0.2) is 9.97 Å². The summed E-state index contributed by atoms with van der Waals surface area (Å²) in [6.07, 6.45) is 7.75. The number of rotatable bonds is 4. The van der Waals surface area contributed by atoms with E-state index >= 15 is 0 Å². The van der Waals surface area contributed by atoms with Crippen LogP contribution in [0.2, 0.25) is 0 Å². The van der Waals surface area contributed by atoms with Gasteiger partial charge >= 0.3 is 0 Å². The first-order chi connectivity index (χ1) is 8.16. The van der Waals surface area contributed by atoms with Crippen molar-refractivity contribution in [2.24, 2.45) is 7.05 Å². The Balaban J connectivity index is 1.98. The maximum absolute atomic E-state index is 11.8. The second-order valence-electron chi connectivity index (χ2n) is 3.92. The molecule has 0 atom stereocenters. The highest BCUT2D eigenvalue weighted by Crippen LogP contribution is 2.04. The van der Waals surface area contributed by atoms with Gasteiger partial charge in [-0.15, -0.1) is 0 Å². The summed E-state index contributed by atoms with van der Waals surface area (Å²) in [5, 5.41) is 0. The molecular formula is C12H14N4O. The Morgan fingerprint density at radius 3 is 2.71 bits per heavy atom. The molecule has 2 heterocycles. The molecule has 0 N–H and O–H groups in total. The van der Waals surface area contributed by atoms with Gasteiger partial charge < -0.3 is 4.57 Å². The number of carbonyl (C=O) groups is 1. The number of ketones is 1. The number of hydrogen-bond acceptors (Lipinski definition) is 4. The standard InChI is InChI=1S/C12H14N4O/c1-9-7-15-10(8-14-9)11(17)3-4-12-13-5-6-16(12)2/h5-8H,3-4H2,1-2H3. The van der Waals surface area contributed by atoms with E-state index in [1.807, 2.05) is 24.7 Å². The van der Waals surface area contributed by atoms with Crippen LogP contribution in [0.1, 0.15) is 28.4 Å². The van der Waals surface area contributed by atoms with Crippen LogP contribution in [-0.4, -0.2) is 25.3 Å². The predicted molar refractivity (Wildman–Crippen MR) is 62.6 cm³/mol. The SMILES string of the molecule is Cc1cnc(C(=O)CCc2nccn2C)cn1. The average molecular weight is 230 g/mol. The summed E-state index contributed by atoms with van der Waals surface area (Å²) in [7, 11) is 1.92. The maximum atomic E-state index is 11.8. The van der Waals surface area contributed by atoms with E-state index in [1.165, 1.54) is 6.20 Å². The van der Waals surface area contributed by atoms with Crippen molar-refractivity contribution < 1.29 is 4.79 Å². The first-order valence-corrected chi connectivity index (χ1v) is 5.45. The maximum Gasteiger partial charge on any atom is 0.183 e. The lowest BCUT2D eigenvalue weighted by Gasteiger charge is -2.01. The summed E-state index contributed by atoms with van der Waals surface area (Å²) < 4.78 is 1.91. The van der Waals surface area contributed by atoms with Gasteiger partial charge in [0.1, 0.15) is 11.5 Å². The topological polar surface area (TPSA) is 60.7 Å². The van der Waals surface area contributed by atoms with Crippen molar-refractivity contribution in [2.45, 2.75) is 19.8 Å². The van der Waals surface area contributed by atoms with Crippen LogP contribution >= 0.6 is 0 Å². The van der Waals surface area contributed by atoms with Crippen LogP contribution in [-0.2, 0) is 13.5 Å². The molecule has 0 fully saturated rings. The van der Waals surface area contributed by atoms with Crippen molar-refractivity contribution in [1.29, 1.82) is 0 Å². The number of aryl methyl sites for hydroxylation is 3. The van der Waals surface area contributed by atoms with E-state index in [4.69, 9.17) is 0 Å². The molecule has 17 heavy (non-hydrogen) atoms. The van der Waals surface area contributed by atoms with E-state index in [9.17, 15) is 4.79 Å². The van der Waals surface area contributed by atoms with E-state index in [2.05, 4.69) is 15.0 Å². The summed E-state index contributed by atoms with van der Waals surface area (Å²) in [5.41, 5.74) is 1.23. The molecule has 5 heteroatoms. The number of nitrogens with zero attached hydrogens (tertiary/aromatic N) is 4. The molecule has 0 aliphatic heterocycles. The molecule has 2 rings (SSSR count). The summed E-state index contributed by atoms with van der Waals surface area (Å²) >= 11 is 0. The van der Waals surface area contributed by atoms with E-state index in [0.29, 0.717) is 18.5 Å². The third-order valence-electron chi connectivity index (χ3n) is 2.56. The van der Waals surface area contributed by atoms with Gasteiger partial charge in [-0.1, -0.05) is 0 Å². The smallest absolute Gasteiger partial charge is 0.183 e. The minimum Gasteiger partial charge on any atom is -0.338 e. The largest absolute Gasteiger partial charge is 0.338 e. The highest BCUT2D eigenvalue weighted by Gasteiger charge is 2.09. The van der Waals surface area contributed by atoms with E-state index in [0.717, 1.165) is 11.5 Å². The number of imidazole rings is 1. The van der Waals surface area contributed by atoms with Gasteiger partial charge in [0.2, 0.25) is 0 Å². The monoisotopic (exact) mass is 230 g/mol. The van der Waals surface area contributed by atoms with E-state index in [1.54, 1.807) is 12.4 Å². The lowest BCUT2D eigenvalue weighted by atomic mass is 10.1. The van der Waals surface area contributed by atoms with Crippen molar-refractivity contribution in [3.05, 3.63) is 42.0 Å². The molecule has 0 aliphatic rings. The number of carbonyl (C=O) groups excluding carboxylic acids is 1. The zero-order valence-electron chi connectivity index (χ0n) is 9.92. The van der Waals surface area contributed by atoms with Gasteiger partial charge in [0, 0.05) is 38.5 Å². The fourth-order valence-electron chi connectivity index (χ4n) is 1.53. The fourth-order valence-corrected chi connectivity index (χ4v) is 1.53. The molecular weight excluding hydrogens is 216 g/mol. The second-order valence-corrected chi connectivity index (χ2v) is 3.92. The molecule has 0 radical (unpaired) electrons. The minimum atomic E-state index is 0.000463. The van der Waals surface area contributed by atoms with Crippen LogP contribution in [0.3, 0.4) is 0 Å². The first kappa shape index (κ1) is 11.4.